The largest absolute Gasteiger partial charge is 0.497 e. The van der Waals surface area contributed by atoms with Gasteiger partial charge in [-0.1, -0.05) is 6.07 Å². The highest BCUT2D eigenvalue weighted by Crippen LogP contribution is 2.27. The van der Waals surface area contributed by atoms with Gasteiger partial charge in [-0.3, -0.25) is 4.79 Å². The van der Waals surface area contributed by atoms with Crippen LogP contribution in [0.4, 0.5) is 8.78 Å². The molecule has 2 aromatic carbocycles. The first-order valence-corrected chi connectivity index (χ1v) is 7.68. The van der Waals surface area contributed by atoms with Crippen LogP contribution in [0.5, 0.6) is 5.75 Å². The molecule has 136 valence electrons. The van der Waals surface area contributed by atoms with Crippen molar-refractivity contribution in [2.24, 2.45) is 5.73 Å². The Labute approximate surface area is 151 Å². The van der Waals surface area contributed by atoms with Crippen molar-refractivity contribution in [1.82, 2.24) is 5.32 Å². The van der Waals surface area contributed by atoms with E-state index in [0.29, 0.717) is 24.4 Å². The number of unbranched alkanes of at least 4 members (excludes halogenated alkanes) is 1. The molecule has 0 unspecified atom stereocenters. The Balaban J connectivity index is 0.00000312. The summed E-state index contributed by atoms with van der Waals surface area (Å²) in [5.41, 5.74) is 5.90. The molecule has 0 bridgehead atoms. The van der Waals surface area contributed by atoms with Gasteiger partial charge in [0.15, 0.2) is 0 Å². The van der Waals surface area contributed by atoms with E-state index >= 15 is 0 Å². The predicted octanol–water partition coefficient (Wildman–Crippen LogP) is 3.53. The third kappa shape index (κ3) is 5.41. The maximum Gasteiger partial charge on any atom is 0.254 e. The van der Waals surface area contributed by atoms with Gasteiger partial charge in [0.2, 0.25) is 0 Å². The zero-order valence-electron chi connectivity index (χ0n) is 13.9. The van der Waals surface area contributed by atoms with Gasteiger partial charge in [-0.2, -0.15) is 0 Å². The van der Waals surface area contributed by atoms with Crippen molar-refractivity contribution < 1.29 is 18.3 Å². The van der Waals surface area contributed by atoms with E-state index in [1.54, 1.807) is 6.07 Å². The van der Waals surface area contributed by atoms with Gasteiger partial charge in [0, 0.05) is 18.2 Å². The number of carbonyl (C=O) groups excluding carboxylic acids is 1. The third-order valence-electron chi connectivity index (χ3n) is 3.62. The first-order chi connectivity index (χ1) is 11.6. The monoisotopic (exact) mass is 370 g/mol. The molecule has 0 heterocycles. The van der Waals surface area contributed by atoms with Crippen LogP contribution in [-0.4, -0.2) is 26.1 Å². The van der Waals surface area contributed by atoms with Crippen molar-refractivity contribution in [3.05, 3.63) is 53.6 Å². The number of nitrogens with one attached hydrogen (secondary N) is 1. The molecule has 0 atom stereocenters. The van der Waals surface area contributed by atoms with Crippen LogP contribution in [0.25, 0.3) is 11.1 Å². The summed E-state index contributed by atoms with van der Waals surface area (Å²) in [7, 11) is 1.44. The number of benzene rings is 2. The Morgan fingerprint density at radius 3 is 2.48 bits per heavy atom. The standard InChI is InChI=1S/C18H20F2N2O2.ClH/c1-24-13-5-7-14(17(20)11-13)12-4-6-15(16(19)10-12)18(23)22-9-3-2-8-21;/h4-7,10-11H,2-3,8-9,21H2,1H3,(H,22,23);1H. The van der Waals surface area contributed by atoms with Crippen LogP contribution < -0.4 is 15.8 Å². The molecule has 3 N–H and O–H groups in total. The van der Waals surface area contributed by atoms with E-state index < -0.39 is 17.5 Å². The van der Waals surface area contributed by atoms with E-state index in [4.69, 9.17) is 10.5 Å². The SMILES string of the molecule is COc1ccc(-c2ccc(C(=O)NCCCCN)c(F)c2)c(F)c1.Cl. The summed E-state index contributed by atoms with van der Waals surface area (Å²) < 4.78 is 33.2. The topological polar surface area (TPSA) is 64.3 Å². The normalized spacial score (nSPS) is 10.1. The molecule has 0 aromatic heterocycles. The van der Waals surface area contributed by atoms with E-state index in [1.165, 1.54) is 31.4 Å². The van der Waals surface area contributed by atoms with E-state index in [9.17, 15) is 13.6 Å². The number of hydrogen-bond acceptors (Lipinski definition) is 3. The van der Waals surface area contributed by atoms with Crippen molar-refractivity contribution in [2.45, 2.75) is 12.8 Å². The van der Waals surface area contributed by atoms with E-state index in [0.717, 1.165) is 18.9 Å². The fourth-order valence-corrected chi connectivity index (χ4v) is 2.29. The lowest BCUT2D eigenvalue weighted by Gasteiger charge is -2.09. The quantitative estimate of drug-likeness (QED) is 0.733. The average Bonchev–Trinajstić information content (AvgIpc) is 2.58. The highest BCUT2D eigenvalue weighted by Gasteiger charge is 2.14. The summed E-state index contributed by atoms with van der Waals surface area (Å²) in [6.07, 6.45) is 1.53. The minimum atomic E-state index is -0.695. The summed E-state index contributed by atoms with van der Waals surface area (Å²) in [5, 5.41) is 2.64. The lowest BCUT2D eigenvalue weighted by Crippen LogP contribution is -2.25. The Hall–Kier alpha value is -2.18. The fraction of sp³-hybridized carbons (Fsp3) is 0.278. The van der Waals surface area contributed by atoms with Gasteiger partial charge in [0.25, 0.3) is 5.91 Å². The van der Waals surface area contributed by atoms with Gasteiger partial charge in [0.05, 0.1) is 12.7 Å². The zero-order chi connectivity index (χ0) is 17.5. The molecule has 0 radical (unpaired) electrons. The molecular weight excluding hydrogens is 350 g/mol. The lowest BCUT2D eigenvalue weighted by atomic mass is 10.0. The van der Waals surface area contributed by atoms with Gasteiger partial charge < -0.3 is 15.8 Å². The molecule has 0 fully saturated rings. The van der Waals surface area contributed by atoms with E-state index in [2.05, 4.69) is 5.32 Å². The molecule has 0 saturated carbocycles. The second kappa shape index (κ2) is 9.96. The Morgan fingerprint density at radius 2 is 1.88 bits per heavy atom. The molecule has 0 aliphatic rings. The fourth-order valence-electron chi connectivity index (χ4n) is 2.29. The smallest absolute Gasteiger partial charge is 0.254 e. The van der Waals surface area contributed by atoms with Crippen LogP contribution in [-0.2, 0) is 0 Å². The van der Waals surface area contributed by atoms with Crippen molar-refractivity contribution in [1.29, 1.82) is 0 Å². The molecule has 25 heavy (non-hydrogen) atoms. The summed E-state index contributed by atoms with van der Waals surface area (Å²) in [6, 6.07) is 8.35. The van der Waals surface area contributed by atoms with Crippen molar-refractivity contribution in [3.63, 3.8) is 0 Å². The molecule has 0 aliphatic heterocycles. The number of halogens is 3. The number of amides is 1. The number of carbonyl (C=O) groups is 1. The number of hydrogen-bond donors (Lipinski definition) is 2. The van der Waals surface area contributed by atoms with Gasteiger partial charge in [0.1, 0.15) is 17.4 Å². The number of rotatable bonds is 7. The van der Waals surface area contributed by atoms with Gasteiger partial charge in [-0.15, -0.1) is 12.4 Å². The van der Waals surface area contributed by atoms with Crippen LogP contribution in [0.15, 0.2) is 36.4 Å². The maximum absolute atomic E-state index is 14.2. The first kappa shape index (κ1) is 20.9. The number of nitrogens with two attached hydrogens (primary N) is 1. The summed E-state index contributed by atoms with van der Waals surface area (Å²) in [4.78, 5) is 12.0. The molecule has 0 aliphatic carbocycles. The highest BCUT2D eigenvalue weighted by atomic mass is 35.5. The molecule has 0 saturated heterocycles. The van der Waals surface area contributed by atoms with E-state index in [-0.39, 0.29) is 23.5 Å². The van der Waals surface area contributed by atoms with Gasteiger partial charge in [-0.25, -0.2) is 8.78 Å². The van der Waals surface area contributed by atoms with Crippen molar-refractivity contribution in [3.8, 4) is 16.9 Å². The number of ether oxygens (including phenoxy) is 1. The molecule has 0 spiro atoms. The first-order valence-electron chi connectivity index (χ1n) is 7.68. The minimum absolute atomic E-state index is 0. The van der Waals surface area contributed by atoms with Crippen molar-refractivity contribution in [2.75, 3.05) is 20.2 Å². The van der Waals surface area contributed by atoms with Crippen LogP contribution in [0, 0.1) is 11.6 Å². The lowest BCUT2D eigenvalue weighted by molar-refractivity contribution is 0.0949. The van der Waals surface area contributed by atoms with Crippen LogP contribution >= 0.6 is 12.4 Å². The predicted molar refractivity (Wildman–Crippen MR) is 96.2 cm³/mol. The molecule has 7 heteroatoms. The molecule has 2 aromatic rings. The molecule has 1 amide bonds. The van der Waals surface area contributed by atoms with Crippen LogP contribution in [0.3, 0.4) is 0 Å². The van der Waals surface area contributed by atoms with Crippen molar-refractivity contribution >= 4 is 18.3 Å². The number of methoxy groups -OCH3 is 1. The Morgan fingerprint density at radius 1 is 1.12 bits per heavy atom. The minimum Gasteiger partial charge on any atom is -0.497 e. The third-order valence-corrected chi connectivity index (χ3v) is 3.62. The summed E-state index contributed by atoms with van der Waals surface area (Å²) in [6.45, 7) is 0.983. The summed E-state index contributed by atoms with van der Waals surface area (Å²) >= 11 is 0. The van der Waals surface area contributed by atoms with E-state index in [1.807, 2.05) is 0 Å². The summed E-state index contributed by atoms with van der Waals surface area (Å²) in [5.74, 6) is -1.33. The highest BCUT2D eigenvalue weighted by molar-refractivity contribution is 5.95. The Bertz CT molecular complexity index is 726. The average molecular weight is 371 g/mol. The van der Waals surface area contributed by atoms with Gasteiger partial charge in [-0.05, 0) is 49.2 Å². The molecular formula is C18H21ClF2N2O2. The van der Waals surface area contributed by atoms with Crippen LogP contribution in [0.2, 0.25) is 0 Å². The maximum atomic E-state index is 14.2. The molecule has 2 rings (SSSR count). The zero-order valence-corrected chi connectivity index (χ0v) is 14.7. The second-order valence-corrected chi connectivity index (χ2v) is 5.29. The molecule has 4 nitrogen and oxygen atoms in total. The van der Waals surface area contributed by atoms with Gasteiger partial charge >= 0.3 is 0 Å². The Kier molecular flexibility index (Phi) is 8.31. The van der Waals surface area contributed by atoms with Crippen LogP contribution in [0.1, 0.15) is 23.2 Å². The second-order valence-electron chi connectivity index (χ2n) is 5.29.